The summed E-state index contributed by atoms with van der Waals surface area (Å²) in [5, 5.41) is 1.39. The molecule has 1 aliphatic heterocycles. The van der Waals surface area contributed by atoms with Crippen LogP contribution in [0.25, 0.3) is 0 Å². The van der Waals surface area contributed by atoms with Crippen molar-refractivity contribution in [2.45, 2.75) is 37.3 Å². The van der Waals surface area contributed by atoms with E-state index in [0.29, 0.717) is 15.5 Å². The second-order valence-electron chi connectivity index (χ2n) is 3.79. The number of thiocarbonyl (C=S) groups is 1. The van der Waals surface area contributed by atoms with Gasteiger partial charge in [-0.25, -0.2) is 0 Å². The Labute approximate surface area is 90.2 Å². The Morgan fingerprint density at radius 3 is 2.31 bits per heavy atom. The Bertz CT molecular complexity index is 186. The normalized spacial score (nSPS) is 32.8. The van der Waals surface area contributed by atoms with Gasteiger partial charge in [-0.15, -0.1) is 0 Å². The average molecular weight is 218 g/mol. The van der Waals surface area contributed by atoms with Crippen molar-refractivity contribution in [2.24, 2.45) is 5.73 Å². The molecule has 13 heavy (non-hydrogen) atoms. The summed E-state index contributed by atoms with van der Waals surface area (Å²) in [5.41, 5.74) is 5.64. The van der Waals surface area contributed by atoms with Crippen molar-refractivity contribution in [2.75, 3.05) is 13.1 Å². The van der Waals surface area contributed by atoms with Crippen LogP contribution in [-0.2, 0) is 0 Å². The number of hydrogen-bond donors (Lipinski definition) is 1. The van der Waals surface area contributed by atoms with Crippen LogP contribution in [0.1, 0.15) is 20.8 Å². The Balaban J connectivity index is 2.54. The summed E-state index contributed by atoms with van der Waals surface area (Å²) in [4.78, 5) is 3.00. The number of hydrogen-bond acceptors (Lipinski definition) is 3. The van der Waals surface area contributed by atoms with Gasteiger partial charge in [0.2, 0.25) is 0 Å². The maximum absolute atomic E-state index is 5.64. The highest BCUT2D eigenvalue weighted by atomic mass is 32.2. The van der Waals surface area contributed by atoms with Crippen molar-refractivity contribution in [3.63, 3.8) is 0 Å². The second-order valence-corrected chi connectivity index (χ2v) is 6.14. The first kappa shape index (κ1) is 11.3. The summed E-state index contributed by atoms with van der Waals surface area (Å²) >= 11 is 7.05. The molecule has 1 aliphatic rings. The summed E-state index contributed by atoms with van der Waals surface area (Å²) in [5.74, 6) is 0. The zero-order valence-electron chi connectivity index (χ0n) is 8.49. The van der Waals surface area contributed by atoms with E-state index in [2.05, 4.69) is 25.7 Å². The van der Waals surface area contributed by atoms with Crippen molar-refractivity contribution in [1.82, 2.24) is 4.90 Å². The van der Waals surface area contributed by atoms with E-state index in [-0.39, 0.29) is 6.04 Å². The van der Waals surface area contributed by atoms with Gasteiger partial charge in [0.15, 0.2) is 0 Å². The summed E-state index contributed by atoms with van der Waals surface area (Å²) in [6, 6.07) is 0.251. The van der Waals surface area contributed by atoms with Gasteiger partial charge in [-0.05, 0) is 6.92 Å². The molecule has 0 aliphatic carbocycles. The average Bonchev–Trinajstić information content (AvgIpc) is 2.01. The lowest BCUT2D eigenvalue weighted by Crippen LogP contribution is -2.49. The van der Waals surface area contributed by atoms with E-state index in [0.717, 1.165) is 13.1 Å². The highest BCUT2D eigenvalue weighted by Gasteiger charge is 2.26. The molecule has 0 aromatic rings. The molecule has 0 spiro atoms. The monoisotopic (exact) mass is 218 g/mol. The van der Waals surface area contributed by atoms with Crippen LogP contribution in [-0.4, -0.2) is 39.5 Å². The molecule has 1 saturated heterocycles. The number of rotatable bonds is 2. The van der Waals surface area contributed by atoms with Gasteiger partial charge in [-0.3, -0.25) is 4.90 Å². The molecule has 2 nitrogen and oxygen atoms in total. The van der Waals surface area contributed by atoms with Crippen LogP contribution >= 0.6 is 24.0 Å². The standard InChI is InChI=1S/C9H18N2S2/c1-6-4-11(5-7(2)13-6)8(3)9(10)12/h6-8H,4-5H2,1-3H3,(H2,10,12). The van der Waals surface area contributed by atoms with E-state index in [1.807, 2.05) is 11.8 Å². The first-order chi connectivity index (χ1) is 6.00. The Kier molecular flexibility index (Phi) is 4.01. The summed E-state index contributed by atoms with van der Waals surface area (Å²) in [7, 11) is 0. The van der Waals surface area contributed by atoms with Crippen LogP contribution in [0.2, 0.25) is 0 Å². The van der Waals surface area contributed by atoms with Crippen molar-refractivity contribution < 1.29 is 0 Å². The number of nitrogens with two attached hydrogens (primary N) is 1. The van der Waals surface area contributed by atoms with E-state index < -0.39 is 0 Å². The molecule has 76 valence electrons. The van der Waals surface area contributed by atoms with E-state index in [4.69, 9.17) is 18.0 Å². The quantitative estimate of drug-likeness (QED) is 0.711. The third kappa shape index (κ3) is 3.11. The summed E-state index contributed by atoms with van der Waals surface area (Å²) in [6.45, 7) is 8.83. The molecule has 0 amide bonds. The molecule has 1 fully saturated rings. The molecule has 0 saturated carbocycles. The summed E-state index contributed by atoms with van der Waals surface area (Å²) < 4.78 is 0. The SMILES string of the molecule is CC1CN(C(C)C(N)=S)CC(C)S1. The van der Waals surface area contributed by atoms with E-state index in [1.165, 1.54) is 0 Å². The second kappa shape index (κ2) is 4.62. The van der Waals surface area contributed by atoms with Crippen molar-refractivity contribution >= 4 is 29.0 Å². The summed E-state index contributed by atoms with van der Waals surface area (Å²) in [6.07, 6.45) is 0. The van der Waals surface area contributed by atoms with Gasteiger partial charge in [0, 0.05) is 23.6 Å². The molecule has 0 aromatic carbocycles. The third-order valence-electron chi connectivity index (χ3n) is 2.41. The number of nitrogens with zero attached hydrogens (tertiary/aromatic N) is 1. The van der Waals surface area contributed by atoms with Gasteiger partial charge in [0.25, 0.3) is 0 Å². The molecule has 1 rings (SSSR count). The predicted molar refractivity (Wildman–Crippen MR) is 64.3 cm³/mol. The molecule has 4 heteroatoms. The lowest BCUT2D eigenvalue weighted by molar-refractivity contribution is 0.251. The molecule has 0 bridgehead atoms. The fraction of sp³-hybridized carbons (Fsp3) is 0.889. The predicted octanol–water partition coefficient (Wildman–Crippen LogP) is 1.49. The first-order valence-electron chi connectivity index (χ1n) is 4.69. The first-order valence-corrected chi connectivity index (χ1v) is 6.04. The van der Waals surface area contributed by atoms with Crippen LogP contribution in [0.4, 0.5) is 0 Å². The molecule has 2 N–H and O–H groups in total. The Morgan fingerprint density at radius 1 is 1.46 bits per heavy atom. The van der Waals surface area contributed by atoms with Crippen LogP contribution in [0.15, 0.2) is 0 Å². The molecular weight excluding hydrogens is 200 g/mol. The van der Waals surface area contributed by atoms with Gasteiger partial charge < -0.3 is 5.73 Å². The maximum atomic E-state index is 5.64. The van der Waals surface area contributed by atoms with Gasteiger partial charge in [0.1, 0.15) is 0 Å². The highest BCUT2D eigenvalue weighted by Crippen LogP contribution is 2.25. The molecule has 3 atom stereocenters. The minimum atomic E-state index is 0.251. The van der Waals surface area contributed by atoms with E-state index >= 15 is 0 Å². The fourth-order valence-corrected chi connectivity index (χ4v) is 3.21. The van der Waals surface area contributed by atoms with Crippen LogP contribution in [0.5, 0.6) is 0 Å². The number of thioether (sulfide) groups is 1. The van der Waals surface area contributed by atoms with Crippen LogP contribution in [0.3, 0.4) is 0 Å². The fourth-order valence-electron chi connectivity index (χ4n) is 1.71. The van der Waals surface area contributed by atoms with Gasteiger partial charge in [-0.2, -0.15) is 11.8 Å². The lowest BCUT2D eigenvalue weighted by atomic mass is 10.2. The lowest BCUT2D eigenvalue weighted by Gasteiger charge is -2.37. The van der Waals surface area contributed by atoms with Crippen molar-refractivity contribution in [1.29, 1.82) is 0 Å². The molecule has 0 aromatic heterocycles. The molecular formula is C9H18N2S2. The van der Waals surface area contributed by atoms with E-state index in [9.17, 15) is 0 Å². The van der Waals surface area contributed by atoms with Gasteiger partial charge >= 0.3 is 0 Å². The van der Waals surface area contributed by atoms with Crippen LogP contribution in [0, 0.1) is 0 Å². The zero-order valence-corrected chi connectivity index (χ0v) is 10.1. The van der Waals surface area contributed by atoms with Crippen molar-refractivity contribution in [3.05, 3.63) is 0 Å². The minimum absolute atomic E-state index is 0.251. The highest BCUT2D eigenvalue weighted by molar-refractivity contribution is 8.00. The molecule has 0 radical (unpaired) electrons. The third-order valence-corrected chi connectivity index (χ3v) is 3.98. The smallest absolute Gasteiger partial charge is 0.0899 e. The van der Waals surface area contributed by atoms with Gasteiger partial charge in [0.05, 0.1) is 11.0 Å². The topological polar surface area (TPSA) is 29.3 Å². The van der Waals surface area contributed by atoms with Gasteiger partial charge in [-0.1, -0.05) is 26.1 Å². The zero-order chi connectivity index (χ0) is 10.0. The Morgan fingerprint density at radius 2 is 1.92 bits per heavy atom. The maximum Gasteiger partial charge on any atom is 0.0899 e. The van der Waals surface area contributed by atoms with E-state index in [1.54, 1.807) is 0 Å². The van der Waals surface area contributed by atoms with Crippen molar-refractivity contribution in [3.8, 4) is 0 Å². The minimum Gasteiger partial charge on any atom is -0.392 e. The Hall–Kier alpha value is 0.200. The van der Waals surface area contributed by atoms with Crippen LogP contribution < -0.4 is 5.73 Å². The molecule has 1 heterocycles. The molecule has 3 unspecified atom stereocenters. The largest absolute Gasteiger partial charge is 0.392 e.